The average molecular weight is 343 g/mol. The number of nitrogens with zero attached hydrogens (tertiary/aromatic N) is 5. The number of rotatable bonds is 8. The summed E-state index contributed by atoms with van der Waals surface area (Å²) in [5, 5.41) is 14.5. The van der Waals surface area contributed by atoms with Crippen LogP contribution in [0, 0.1) is 5.92 Å². The summed E-state index contributed by atoms with van der Waals surface area (Å²) in [6, 6.07) is 9.96. The van der Waals surface area contributed by atoms with Crippen LogP contribution in [0.5, 0.6) is 0 Å². The summed E-state index contributed by atoms with van der Waals surface area (Å²) in [4.78, 5) is 8.76. The van der Waals surface area contributed by atoms with Gasteiger partial charge in [0.1, 0.15) is 12.7 Å². The van der Waals surface area contributed by atoms with Gasteiger partial charge in [-0.2, -0.15) is 5.10 Å². The van der Waals surface area contributed by atoms with E-state index in [1.54, 1.807) is 12.7 Å². The Hall–Kier alpha value is -1.76. The Morgan fingerprint density at radius 3 is 2.68 bits per heavy atom. The second kappa shape index (κ2) is 9.08. The molecule has 0 amide bonds. The number of hydrogen-bond donors (Lipinski definition) is 1. The van der Waals surface area contributed by atoms with Crippen LogP contribution < -0.4 is 0 Å². The van der Waals surface area contributed by atoms with E-state index in [9.17, 15) is 5.11 Å². The van der Waals surface area contributed by atoms with Gasteiger partial charge in [0.15, 0.2) is 0 Å². The molecule has 25 heavy (non-hydrogen) atoms. The summed E-state index contributed by atoms with van der Waals surface area (Å²) in [6.07, 6.45) is 5.37. The van der Waals surface area contributed by atoms with Crippen LogP contribution in [0.3, 0.4) is 0 Å². The Morgan fingerprint density at radius 1 is 1.24 bits per heavy atom. The molecule has 6 heteroatoms. The molecule has 1 unspecified atom stereocenters. The molecular weight excluding hydrogens is 314 g/mol. The van der Waals surface area contributed by atoms with Crippen LogP contribution in [-0.4, -0.2) is 69.4 Å². The number of hydrogen-bond acceptors (Lipinski definition) is 5. The first-order valence-electron chi connectivity index (χ1n) is 9.17. The fourth-order valence-corrected chi connectivity index (χ4v) is 3.53. The third-order valence-corrected chi connectivity index (χ3v) is 5.07. The molecule has 1 aromatic carbocycles. The van der Waals surface area contributed by atoms with Gasteiger partial charge in [0.2, 0.25) is 0 Å². The van der Waals surface area contributed by atoms with E-state index >= 15 is 0 Å². The summed E-state index contributed by atoms with van der Waals surface area (Å²) >= 11 is 0. The average Bonchev–Trinajstić information content (AvgIpc) is 3.16. The van der Waals surface area contributed by atoms with Crippen LogP contribution in [0.25, 0.3) is 0 Å². The lowest BCUT2D eigenvalue weighted by Gasteiger charge is -2.34. The second-order valence-corrected chi connectivity index (χ2v) is 7.09. The number of benzene rings is 1. The third-order valence-electron chi connectivity index (χ3n) is 5.07. The summed E-state index contributed by atoms with van der Waals surface area (Å²) < 4.78 is 1.88. The Kier molecular flexibility index (Phi) is 6.55. The van der Waals surface area contributed by atoms with Gasteiger partial charge in [0.25, 0.3) is 0 Å². The van der Waals surface area contributed by atoms with Crippen molar-refractivity contribution in [2.75, 3.05) is 39.8 Å². The number of aliphatic hydroxyl groups is 1. The Bertz CT molecular complexity index is 596. The van der Waals surface area contributed by atoms with Gasteiger partial charge < -0.3 is 14.9 Å². The topological polar surface area (TPSA) is 57.4 Å². The number of likely N-dealkylation sites (N-methyl/N-ethyl adjacent to an activating group) is 1. The first kappa shape index (κ1) is 18.0. The van der Waals surface area contributed by atoms with Crippen molar-refractivity contribution in [1.82, 2.24) is 24.6 Å². The molecule has 2 aromatic rings. The summed E-state index contributed by atoms with van der Waals surface area (Å²) in [7, 11) is 2.18. The summed E-state index contributed by atoms with van der Waals surface area (Å²) in [6.45, 7) is 5.90. The first-order valence-corrected chi connectivity index (χ1v) is 9.17. The SMILES string of the molecule is CN(CCn1cncn1)CC1CCN(CC(O)c2ccccc2)CC1. The number of aromatic nitrogens is 3. The van der Waals surface area contributed by atoms with Crippen molar-refractivity contribution in [2.24, 2.45) is 5.92 Å². The first-order chi connectivity index (χ1) is 12.2. The van der Waals surface area contributed by atoms with Crippen LogP contribution in [0.1, 0.15) is 24.5 Å². The lowest BCUT2D eigenvalue weighted by Crippen LogP contribution is -2.40. The maximum Gasteiger partial charge on any atom is 0.137 e. The third kappa shape index (κ3) is 5.63. The van der Waals surface area contributed by atoms with Gasteiger partial charge in [-0.3, -0.25) is 4.68 Å². The van der Waals surface area contributed by atoms with Crippen molar-refractivity contribution < 1.29 is 5.11 Å². The highest BCUT2D eigenvalue weighted by Crippen LogP contribution is 2.21. The molecule has 1 fully saturated rings. The zero-order valence-electron chi connectivity index (χ0n) is 15.0. The molecule has 1 N–H and O–H groups in total. The highest BCUT2D eigenvalue weighted by atomic mass is 16.3. The van der Waals surface area contributed by atoms with Crippen molar-refractivity contribution in [3.63, 3.8) is 0 Å². The van der Waals surface area contributed by atoms with Crippen molar-refractivity contribution >= 4 is 0 Å². The quantitative estimate of drug-likeness (QED) is 0.790. The highest BCUT2D eigenvalue weighted by Gasteiger charge is 2.22. The van der Waals surface area contributed by atoms with Crippen LogP contribution >= 0.6 is 0 Å². The van der Waals surface area contributed by atoms with Crippen molar-refractivity contribution in [1.29, 1.82) is 0 Å². The van der Waals surface area contributed by atoms with E-state index in [1.165, 1.54) is 12.8 Å². The van der Waals surface area contributed by atoms with E-state index < -0.39 is 0 Å². The minimum atomic E-state index is -0.386. The zero-order valence-corrected chi connectivity index (χ0v) is 15.0. The Morgan fingerprint density at radius 2 is 2.00 bits per heavy atom. The monoisotopic (exact) mass is 343 g/mol. The van der Waals surface area contributed by atoms with E-state index in [2.05, 4.69) is 26.9 Å². The van der Waals surface area contributed by atoms with E-state index in [4.69, 9.17) is 0 Å². The molecule has 0 bridgehead atoms. The molecule has 1 aliphatic rings. The maximum absolute atomic E-state index is 10.4. The van der Waals surface area contributed by atoms with Crippen LogP contribution in [0.15, 0.2) is 43.0 Å². The zero-order chi connectivity index (χ0) is 17.5. The molecule has 136 valence electrons. The van der Waals surface area contributed by atoms with E-state index in [1.807, 2.05) is 35.0 Å². The Balaban J connectivity index is 1.35. The molecule has 1 aromatic heterocycles. The number of piperidine rings is 1. The fraction of sp³-hybridized carbons (Fsp3) is 0.579. The van der Waals surface area contributed by atoms with Crippen LogP contribution in [-0.2, 0) is 6.54 Å². The smallest absolute Gasteiger partial charge is 0.137 e. The normalized spacial score (nSPS) is 17.9. The molecule has 0 aliphatic carbocycles. The van der Waals surface area contributed by atoms with Crippen molar-refractivity contribution in [3.8, 4) is 0 Å². The van der Waals surface area contributed by atoms with E-state index in [-0.39, 0.29) is 6.10 Å². The van der Waals surface area contributed by atoms with Gasteiger partial charge in [-0.1, -0.05) is 30.3 Å². The Labute approximate surface area is 150 Å². The van der Waals surface area contributed by atoms with Gasteiger partial charge in [0, 0.05) is 19.6 Å². The predicted molar refractivity (Wildman–Crippen MR) is 98.1 cm³/mol. The van der Waals surface area contributed by atoms with Gasteiger partial charge >= 0.3 is 0 Å². The number of aliphatic hydroxyl groups excluding tert-OH is 1. The van der Waals surface area contributed by atoms with Crippen molar-refractivity contribution in [3.05, 3.63) is 48.5 Å². The van der Waals surface area contributed by atoms with Crippen molar-refractivity contribution in [2.45, 2.75) is 25.5 Å². The molecule has 1 saturated heterocycles. The maximum atomic E-state index is 10.4. The minimum Gasteiger partial charge on any atom is -0.387 e. The molecule has 3 rings (SSSR count). The van der Waals surface area contributed by atoms with Gasteiger partial charge in [-0.05, 0) is 44.5 Å². The number of likely N-dealkylation sites (tertiary alicyclic amines) is 1. The van der Waals surface area contributed by atoms with Crippen LogP contribution in [0.2, 0.25) is 0 Å². The lowest BCUT2D eigenvalue weighted by molar-refractivity contribution is 0.0827. The molecule has 0 radical (unpaired) electrons. The largest absolute Gasteiger partial charge is 0.387 e. The molecule has 1 atom stereocenters. The fourth-order valence-electron chi connectivity index (χ4n) is 3.53. The molecule has 0 spiro atoms. The van der Waals surface area contributed by atoms with E-state index in [0.717, 1.165) is 50.7 Å². The van der Waals surface area contributed by atoms with Gasteiger partial charge in [0.05, 0.1) is 12.6 Å². The van der Waals surface area contributed by atoms with Gasteiger partial charge in [-0.25, -0.2) is 4.98 Å². The molecule has 6 nitrogen and oxygen atoms in total. The highest BCUT2D eigenvalue weighted by molar-refractivity contribution is 5.17. The number of β-amino-alcohol motifs (C(OH)–C–C–N with tert-alkyl or cyclic N) is 1. The molecule has 1 aliphatic heterocycles. The lowest BCUT2D eigenvalue weighted by atomic mass is 9.95. The standard InChI is InChI=1S/C19H29N5O/c1-22(11-12-24-16-20-15-21-24)13-17-7-9-23(10-8-17)14-19(25)18-5-3-2-4-6-18/h2-6,15-17,19,25H,7-14H2,1H3. The molecular formula is C19H29N5O. The molecule has 2 heterocycles. The second-order valence-electron chi connectivity index (χ2n) is 7.09. The van der Waals surface area contributed by atoms with E-state index in [0.29, 0.717) is 0 Å². The molecule has 0 saturated carbocycles. The van der Waals surface area contributed by atoms with Gasteiger partial charge in [-0.15, -0.1) is 0 Å². The summed E-state index contributed by atoms with van der Waals surface area (Å²) in [5.74, 6) is 0.742. The predicted octanol–water partition coefficient (Wildman–Crippen LogP) is 1.66. The van der Waals surface area contributed by atoms with Crippen LogP contribution in [0.4, 0.5) is 0 Å². The minimum absolute atomic E-state index is 0.386. The summed E-state index contributed by atoms with van der Waals surface area (Å²) in [5.41, 5.74) is 1.01.